The average molecular weight is 277 g/mol. The Labute approximate surface area is 108 Å². The maximum Gasteiger partial charge on any atom is 0.573 e. The van der Waals surface area contributed by atoms with Gasteiger partial charge in [0.2, 0.25) is 0 Å². The molecular weight excluding hydrogens is 263 g/mol. The minimum atomic E-state index is -4.75. The lowest BCUT2D eigenvalue weighted by atomic mass is 10.2. The first kappa shape index (κ1) is 15.3. The average Bonchev–Trinajstić information content (AvgIpc) is 2.23. The Morgan fingerprint density at radius 3 is 2.05 bits per heavy atom. The number of benzene rings is 1. The second kappa shape index (κ2) is 5.48. The predicted molar refractivity (Wildman–Crippen MR) is 61.4 cm³/mol. The van der Waals surface area contributed by atoms with Crippen molar-refractivity contribution in [3.63, 3.8) is 0 Å². The first-order valence-electron chi connectivity index (χ1n) is 5.41. The molecule has 0 aromatic heterocycles. The van der Waals surface area contributed by atoms with Crippen molar-refractivity contribution in [2.45, 2.75) is 32.7 Å². The quantitative estimate of drug-likeness (QED) is 0.864. The van der Waals surface area contributed by atoms with Crippen LogP contribution in [0.2, 0.25) is 0 Å². The molecule has 7 heteroatoms. The van der Waals surface area contributed by atoms with Gasteiger partial charge in [-0.1, -0.05) is 0 Å². The summed E-state index contributed by atoms with van der Waals surface area (Å²) < 4.78 is 39.5. The number of amides is 1. The van der Waals surface area contributed by atoms with Crippen LogP contribution in [0.3, 0.4) is 0 Å². The highest BCUT2D eigenvalue weighted by Crippen LogP contribution is 2.22. The molecule has 0 fully saturated rings. The van der Waals surface area contributed by atoms with Crippen molar-refractivity contribution in [1.82, 2.24) is 5.48 Å². The van der Waals surface area contributed by atoms with Crippen LogP contribution in [-0.2, 0) is 4.84 Å². The number of carbonyl (C=O) groups excluding carboxylic acids is 1. The number of alkyl halides is 3. The third-order valence-corrected chi connectivity index (χ3v) is 1.80. The maximum absolute atomic E-state index is 11.9. The van der Waals surface area contributed by atoms with Gasteiger partial charge in [0.05, 0.1) is 5.60 Å². The van der Waals surface area contributed by atoms with E-state index in [0.717, 1.165) is 12.1 Å². The summed E-state index contributed by atoms with van der Waals surface area (Å²) in [7, 11) is 0. The molecule has 0 saturated carbocycles. The topological polar surface area (TPSA) is 47.6 Å². The largest absolute Gasteiger partial charge is 0.573 e. The first-order chi connectivity index (χ1) is 8.57. The van der Waals surface area contributed by atoms with E-state index in [4.69, 9.17) is 4.84 Å². The molecule has 0 spiro atoms. The summed E-state index contributed by atoms with van der Waals surface area (Å²) in [6.07, 6.45) is -4.75. The molecule has 0 aliphatic carbocycles. The zero-order valence-electron chi connectivity index (χ0n) is 10.7. The number of halogens is 3. The van der Waals surface area contributed by atoms with E-state index in [-0.39, 0.29) is 11.3 Å². The van der Waals surface area contributed by atoms with Gasteiger partial charge in [-0.25, -0.2) is 5.48 Å². The van der Waals surface area contributed by atoms with Crippen LogP contribution in [0.1, 0.15) is 31.1 Å². The van der Waals surface area contributed by atoms with Gasteiger partial charge < -0.3 is 4.74 Å². The number of carbonyl (C=O) groups is 1. The van der Waals surface area contributed by atoms with Crippen LogP contribution in [0.5, 0.6) is 5.75 Å². The van der Waals surface area contributed by atoms with Gasteiger partial charge in [-0.2, -0.15) is 0 Å². The number of rotatable bonds is 3. The maximum atomic E-state index is 11.9. The van der Waals surface area contributed by atoms with Crippen LogP contribution in [0.4, 0.5) is 13.2 Å². The molecule has 0 aliphatic heterocycles. The van der Waals surface area contributed by atoms with Gasteiger partial charge in [-0.3, -0.25) is 9.63 Å². The number of hydrogen-bond acceptors (Lipinski definition) is 3. The number of nitrogens with one attached hydrogen (secondary N) is 1. The van der Waals surface area contributed by atoms with Crippen molar-refractivity contribution in [3.8, 4) is 5.75 Å². The van der Waals surface area contributed by atoms with Crippen LogP contribution >= 0.6 is 0 Å². The predicted octanol–water partition coefficient (Wildman–Crippen LogP) is 3.05. The van der Waals surface area contributed by atoms with Crippen molar-refractivity contribution in [2.75, 3.05) is 0 Å². The molecule has 0 saturated heterocycles. The molecule has 106 valence electrons. The molecule has 0 unspecified atom stereocenters. The highest BCUT2D eigenvalue weighted by atomic mass is 19.4. The molecule has 0 radical (unpaired) electrons. The van der Waals surface area contributed by atoms with E-state index in [0.29, 0.717) is 0 Å². The summed E-state index contributed by atoms with van der Waals surface area (Å²) in [5.74, 6) is -0.936. The summed E-state index contributed by atoms with van der Waals surface area (Å²) in [4.78, 5) is 16.6. The van der Waals surface area contributed by atoms with Gasteiger partial charge in [0.25, 0.3) is 5.91 Å². The zero-order chi connectivity index (χ0) is 14.7. The Balaban J connectivity index is 2.63. The molecule has 1 amide bonds. The Bertz CT molecular complexity index is 435. The zero-order valence-corrected chi connectivity index (χ0v) is 10.7. The summed E-state index contributed by atoms with van der Waals surface area (Å²) in [6.45, 7) is 5.23. The third-order valence-electron chi connectivity index (χ3n) is 1.80. The summed E-state index contributed by atoms with van der Waals surface area (Å²) in [5.41, 5.74) is 1.81. The summed E-state index contributed by atoms with van der Waals surface area (Å²) in [5, 5.41) is 0. The van der Waals surface area contributed by atoms with Crippen LogP contribution in [0, 0.1) is 0 Å². The smallest absolute Gasteiger partial charge is 0.406 e. The molecular formula is C12H14F3NO3. The molecule has 0 heterocycles. The van der Waals surface area contributed by atoms with Gasteiger partial charge >= 0.3 is 6.36 Å². The summed E-state index contributed by atoms with van der Waals surface area (Å²) in [6, 6.07) is 4.53. The van der Waals surface area contributed by atoms with Gasteiger partial charge in [0.15, 0.2) is 0 Å². The molecule has 4 nitrogen and oxygen atoms in total. The van der Waals surface area contributed by atoms with Gasteiger partial charge in [-0.15, -0.1) is 13.2 Å². The summed E-state index contributed by atoms with van der Waals surface area (Å²) >= 11 is 0. The van der Waals surface area contributed by atoms with Gasteiger partial charge in [0.1, 0.15) is 5.75 Å². The fraction of sp³-hybridized carbons (Fsp3) is 0.417. The van der Waals surface area contributed by atoms with E-state index >= 15 is 0 Å². The number of hydrogen-bond donors (Lipinski definition) is 1. The number of hydroxylamine groups is 1. The molecule has 1 aromatic carbocycles. The van der Waals surface area contributed by atoms with Crippen LogP contribution in [-0.4, -0.2) is 17.9 Å². The lowest BCUT2D eigenvalue weighted by molar-refractivity contribution is -0.274. The molecule has 0 bridgehead atoms. The van der Waals surface area contributed by atoms with Crippen molar-refractivity contribution in [2.24, 2.45) is 0 Å². The molecule has 19 heavy (non-hydrogen) atoms. The van der Waals surface area contributed by atoms with Crippen molar-refractivity contribution >= 4 is 5.91 Å². The Hall–Kier alpha value is -1.76. The van der Waals surface area contributed by atoms with E-state index in [2.05, 4.69) is 10.2 Å². The second-order valence-electron chi connectivity index (χ2n) is 4.72. The highest BCUT2D eigenvalue weighted by molar-refractivity contribution is 5.93. The Morgan fingerprint density at radius 2 is 1.63 bits per heavy atom. The molecule has 1 aromatic rings. The second-order valence-corrected chi connectivity index (χ2v) is 4.72. The SMILES string of the molecule is CC(C)(C)ONC(=O)c1ccc(OC(F)(F)F)cc1. The minimum Gasteiger partial charge on any atom is -0.406 e. The Morgan fingerprint density at radius 1 is 1.11 bits per heavy atom. The van der Waals surface area contributed by atoms with Crippen LogP contribution < -0.4 is 10.2 Å². The Kier molecular flexibility index (Phi) is 4.41. The molecule has 1 rings (SSSR count). The molecule has 0 aliphatic rings. The first-order valence-corrected chi connectivity index (χ1v) is 5.41. The molecule has 0 atom stereocenters. The minimum absolute atomic E-state index is 0.166. The monoisotopic (exact) mass is 277 g/mol. The van der Waals surface area contributed by atoms with Crippen LogP contribution in [0.15, 0.2) is 24.3 Å². The van der Waals surface area contributed by atoms with E-state index in [1.54, 1.807) is 20.8 Å². The van der Waals surface area contributed by atoms with E-state index in [1.807, 2.05) is 0 Å². The van der Waals surface area contributed by atoms with Crippen molar-refractivity contribution < 1.29 is 27.5 Å². The molecule has 1 N–H and O–H groups in total. The fourth-order valence-electron chi connectivity index (χ4n) is 1.07. The normalized spacial score (nSPS) is 12.1. The third kappa shape index (κ3) is 6.10. The lowest BCUT2D eigenvalue weighted by Crippen LogP contribution is -2.33. The van der Waals surface area contributed by atoms with E-state index < -0.39 is 17.9 Å². The fourth-order valence-corrected chi connectivity index (χ4v) is 1.07. The van der Waals surface area contributed by atoms with E-state index in [1.165, 1.54) is 12.1 Å². The highest BCUT2D eigenvalue weighted by Gasteiger charge is 2.31. The number of ether oxygens (including phenoxy) is 1. The van der Waals surface area contributed by atoms with Crippen molar-refractivity contribution in [3.05, 3.63) is 29.8 Å². The van der Waals surface area contributed by atoms with Crippen molar-refractivity contribution in [1.29, 1.82) is 0 Å². The van der Waals surface area contributed by atoms with Gasteiger partial charge in [0, 0.05) is 5.56 Å². The van der Waals surface area contributed by atoms with Gasteiger partial charge in [-0.05, 0) is 45.0 Å². The standard InChI is InChI=1S/C12H14F3NO3/c1-11(2,3)19-16-10(17)8-4-6-9(7-5-8)18-12(13,14)15/h4-7H,1-3H3,(H,16,17). The van der Waals surface area contributed by atoms with Crippen LogP contribution in [0.25, 0.3) is 0 Å². The van der Waals surface area contributed by atoms with E-state index in [9.17, 15) is 18.0 Å². The lowest BCUT2D eigenvalue weighted by Gasteiger charge is -2.19.